The Morgan fingerprint density at radius 1 is 1.44 bits per heavy atom. The normalized spacial score (nSPS) is 40.6. The molecular formula is C11H17O4P. The molecule has 16 heavy (non-hydrogen) atoms. The monoisotopic (exact) mass is 244 g/mol. The first-order chi connectivity index (χ1) is 7.76. The fourth-order valence-electron chi connectivity index (χ4n) is 2.65. The minimum atomic E-state index is -0.428. The molecule has 0 bridgehead atoms. The molecule has 0 aromatic heterocycles. The van der Waals surface area contributed by atoms with Crippen molar-refractivity contribution in [1.82, 2.24) is 0 Å². The summed E-state index contributed by atoms with van der Waals surface area (Å²) in [6.07, 6.45) is 2.38. The maximum absolute atomic E-state index is 11.0. The number of aliphatic hydroxyl groups excluding tert-OH is 1. The van der Waals surface area contributed by atoms with Gasteiger partial charge in [0, 0.05) is 12.1 Å². The van der Waals surface area contributed by atoms with Gasteiger partial charge in [0.1, 0.15) is 0 Å². The van der Waals surface area contributed by atoms with Gasteiger partial charge in [-0.2, -0.15) is 0 Å². The van der Waals surface area contributed by atoms with Crippen molar-refractivity contribution < 1.29 is 19.1 Å². The Labute approximate surface area is 96.8 Å². The molecule has 1 heterocycles. The van der Waals surface area contributed by atoms with Crippen LogP contribution in [0.15, 0.2) is 12.7 Å². The molecular weight excluding hydrogens is 227 g/mol. The van der Waals surface area contributed by atoms with E-state index in [1.807, 2.05) is 0 Å². The zero-order valence-corrected chi connectivity index (χ0v) is 10.0. The van der Waals surface area contributed by atoms with Gasteiger partial charge in [-0.15, -0.1) is 6.58 Å². The first-order valence-corrected chi connectivity index (χ1v) is 6.50. The lowest BCUT2D eigenvalue weighted by Gasteiger charge is -2.22. The SMILES string of the molecule is C=C[C@@H]1[C@@H](CC2OCCO2)[C@@H](O)C[C@H]1P=O. The first-order valence-electron chi connectivity index (χ1n) is 5.62. The van der Waals surface area contributed by atoms with Crippen molar-refractivity contribution in [3.63, 3.8) is 0 Å². The Morgan fingerprint density at radius 2 is 2.12 bits per heavy atom. The van der Waals surface area contributed by atoms with E-state index in [1.165, 1.54) is 0 Å². The molecule has 1 saturated heterocycles. The molecule has 0 aromatic carbocycles. The molecule has 90 valence electrons. The lowest BCUT2D eigenvalue weighted by Crippen LogP contribution is -2.25. The number of ether oxygens (including phenoxy) is 2. The average Bonchev–Trinajstić information content (AvgIpc) is 2.88. The van der Waals surface area contributed by atoms with Crippen LogP contribution in [-0.2, 0) is 14.0 Å². The number of aliphatic hydroxyl groups is 1. The van der Waals surface area contributed by atoms with E-state index in [2.05, 4.69) is 6.58 Å². The molecule has 0 aromatic rings. The van der Waals surface area contributed by atoms with Crippen molar-refractivity contribution in [3.05, 3.63) is 12.7 Å². The van der Waals surface area contributed by atoms with Crippen molar-refractivity contribution in [1.29, 1.82) is 0 Å². The van der Waals surface area contributed by atoms with Gasteiger partial charge in [-0.3, -0.25) is 4.57 Å². The highest BCUT2D eigenvalue weighted by Gasteiger charge is 2.42. The molecule has 1 N–H and O–H groups in total. The van der Waals surface area contributed by atoms with Gasteiger partial charge < -0.3 is 14.6 Å². The van der Waals surface area contributed by atoms with Gasteiger partial charge in [0.25, 0.3) is 0 Å². The highest BCUT2D eigenvalue weighted by atomic mass is 31.1. The second-order valence-corrected chi connectivity index (χ2v) is 5.23. The van der Waals surface area contributed by atoms with E-state index < -0.39 is 6.10 Å². The van der Waals surface area contributed by atoms with Crippen LogP contribution in [0.25, 0.3) is 0 Å². The van der Waals surface area contributed by atoms with Crippen LogP contribution < -0.4 is 0 Å². The summed E-state index contributed by atoms with van der Waals surface area (Å²) in [5.41, 5.74) is -0.0149. The Morgan fingerprint density at radius 3 is 2.69 bits per heavy atom. The molecule has 1 aliphatic carbocycles. The Kier molecular flexibility index (Phi) is 4.09. The van der Waals surface area contributed by atoms with Gasteiger partial charge in [0.2, 0.25) is 0 Å². The lowest BCUT2D eigenvalue weighted by molar-refractivity contribution is -0.0688. The standard InChI is InChI=1S/C11H17O4P/c1-2-7-8(5-11-14-3-4-15-11)9(12)6-10(7)16-13/h2,7-12H,1,3-6H2/t7-,8-,9+,10-/m1/s1. The summed E-state index contributed by atoms with van der Waals surface area (Å²) >= 11 is 0. The summed E-state index contributed by atoms with van der Waals surface area (Å²) in [6.45, 7) is 5.01. The van der Waals surface area contributed by atoms with Crippen molar-refractivity contribution >= 4 is 8.46 Å². The molecule has 1 aliphatic heterocycles. The maximum Gasteiger partial charge on any atom is 0.159 e. The van der Waals surface area contributed by atoms with Crippen LogP contribution in [0, 0.1) is 11.8 Å². The van der Waals surface area contributed by atoms with E-state index in [1.54, 1.807) is 6.08 Å². The maximum atomic E-state index is 11.0. The van der Waals surface area contributed by atoms with Gasteiger partial charge in [-0.1, -0.05) is 6.08 Å². The molecule has 0 radical (unpaired) electrons. The third-order valence-electron chi connectivity index (χ3n) is 3.48. The molecule has 2 aliphatic rings. The van der Waals surface area contributed by atoms with E-state index in [4.69, 9.17) is 9.47 Å². The zero-order chi connectivity index (χ0) is 11.5. The summed E-state index contributed by atoms with van der Waals surface area (Å²) in [6, 6.07) is 0. The van der Waals surface area contributed by atoms with Crippen molar-refractivity contribution in [2.24, 2.45) is 11.8 Å². The van der Waals surface area contributed by atoms with Crippen LogP contribution >= 0.6 is 8.46 Å². The predicted molar refractivity (Wildman–Crippen MR) is 59.5 cm³/mol. The third kappa shape index (κ3) is 2.35. The van der Waals surface area contributed by atoms with Crippen LogP contribution in [-0.4, -0.2) is 36.4 Å². The Balaban J connectivity index is 2.00. The van der Waals surface area contributed by atoms with Crippen molar-refractivity contribution in [2.45, 2.75) is 30.9 Å². The highest BCUT2D eigenvalue weighted by molar-refractivity contribution is 7.24. The molecule has 2 rings (SSSR count). The summed E-state index contributed by atoms with van der Waals surface area (Å²) < 4.78 is 21.7. The number of hydrogen-bond acceptors (Lipinski definition) is 4. The second kappa shape index (κ2) is 5.37. The summed E-state index contributed by atoms with van der Waals surface area (Å²) in [4.78, 5) is 0. The Bertz CT molecular complexity index is 265. The Hall–Kier alpha value is -0.280. The highest BCUT2D eigenvalue weighted by Crippen LogP contribution is 2.42. The fraction of sp³-hybridized carbons (Fsp3) is 0.818. The minimum absolute atomic E-state index is 0.0149. The summed E-state index contributed by atoms with van der Waals surface area (Å²) in [5, 5.41) is 9.95. The van der Waals surface area contributed by atoms with Crippen molar-refractivity contribution in [2.75, 3.05) is 13.2 Å². The molecule has 1 saturated carbocycles. The van der Waals surface area contributed by atoms with Gasteiger partial charge in [0.05, 0.1) is 19.3 Å². The van der Waals surface area contributed by atoms with E-state index in [9.17, 15) is 9.67 Å². The van der Waals surface area contributed by atoms with E-state index in [0.717, 1.165) is 0 Å². The molecule has 4 atom stereocenters. The largest absolute Gasteiger partial charge is 0.393 e. The van der Waals surface area contributed by atoms with E-state index in [0.29, 0.717) is 26.1 Å². The van der Waals surface area contributed by atoms with Gasteiger partial charge in [-0.25, -0.2) is 0 Å². The summed E-state index contributed by atoms with van der Waals surface area (Å²) in [5.74, 6) is 0.133. The molecule has 0 spiro atoms. The zero-order valence-electron chi connectivity index (χ0n) is 9.12. The second-order valence-electron chi connectivity index (χ2n) is 4.36. The van der Waals surface area contributed by atoms with E-state index >= 15 is 0 Å². The summed E-state index contributed by atoms with van der Waals surface area (Å²) in [7, 11) is 0.0944. The van der Waals surface area contributed by atoms with Gasteiger partial charge >= 0.3 is 0 Å². The molecule has 4 nitrogen and oxygen atoms in total. The first kappa shape index (κ1) is 12.2. The quantitative estimate of drug-likeness (QED) is 0.602. The van der Waals surface area contributed by atoms with Crippen LogP contribution in [0.4, 0.5) is 0 Å². The number of rotatable bonds is 4. The average molecular weight is 244 g/mol. The smallest absolute Gasteiger partial charge is 0.159 e. The van der Waals surface area contributed by atoms with Crippen molar-refractivity contribution in [3.8, 4) is 0 Å². The topological polar surface area (TPSA) is 55.8 Å². The molecule has 2 fully saturated rings. The minimum Gasteiger partial charge on any atom is -0.393 e. The van der Waals surface area contributed by atoms with Gasteiger partial charge in [-0.05, 0) is 18.3 Å². The number of hydrogen-bond donors (Lipinski definition) is 1. The fourth-order valence-corrected chi connectivity index (χ4v) is 3.43. The van der Waals surface area contributed by atoms with Crippen LogP contribution in [0.2, 0.25) is 0 Å². The molecule has 0 amide bonds. The predicted octanol–water partition coefficient (Wildman–Crippen LogP) is 1.59. The molecule has 0 unspecified atom stereocenters. The van der Waals surface area contributed by atoms with Crippen LogP contribution in [0.3, 0.4) is 0 Å². The van der Waals surface area contributed by atoms with Gasteiger partial charge in [0.15, 0.2) is 14.8 Å². The molecule has 5 heteroatoms. The van der Waals surface area contributed by atoms with Crippen LogP contribution in [0.5, 0.6) is 0 Å². The van der Waals surface area contributed by atoms with E-state index in [-0.39, 0.29) is 32.2 Å². The van der Waals surface area contributed by atoms with Crippen LogP contribution in [0.1, 0.15) is 12.8 Å². The number of allylic oxidation sites excluding steroid dienone is 1. The third-order valence-corrected chi connectivity index (χ3v) is 4.30. The lowest BCUT2D eigenvalue weighted by atomic mass is 9.91.